The monoisotopic (exact) mass is 382 g/mol. The van der Waals surface area contributed by atoms with E-state index in [1.54, 1.807) is 35.5 Å². The number of hydrogen-bond donors (Lipinski definition) is 0. The maximum atomic E-state index is 6.19. The van der Waals surface area contributed by atoms with Crippen molar-refractivity contribution in [2.45, 2.75) is 18.1 Å². The van der Waals surface area contributed by atoms with E-state index in [1.807, 2.05) is 24.3 Å². The van der Waals surface area contributed by atoms with Gasteiger partial charge in [0, 0.05) is 32.1 Å². The van der Waals surface area contributed by atoms with Crippen molar-refractivity contribution in [3.05, 3.63) is 64.7 Å². The number of rotatable bonds is 6. The summed E-state index contributed by atoms with van der Waals surface area (Å²) in [6.45, 7) is 0. The highest BCUT2D eigenvalue weighted by Crippen LogP contribution is 2.58. The second kappa shape index (κ2) is 7.15. The quantitative estimate of drug-likeness (QED) is 0.753. The van der Waals surface area contributed by atoms with E-state index in [9.17, 15) is 0 Å². The van der Waals surface area contributed by atoms with Crippen molar-refractivity contribution in [1.29, 1.82) is 0 Å². The van der Waals surface area contributed by atoms with Crippen molar-refractivity contribution in [2.24, 2.45) is 5.92 Å². The van der Waals surface area contributed by atoms with E-state index in [0.717, 1.165) is 40.4 Å². The molecule has 3 atom stereocenters. The van der Waals surface area contributed by atoms with Crippen LogP contribution in [0.3, 0.4) is 0 Å². The number of benzene rings is 2. The first kappa shape index (κ1) is 18.8. The predicted octanol–water partition coefficient (Wildman–Crippen LogP) is 4.11. The third-order valence-electron chi connectivity index (χ3n) is 6.07. The fourth-order valence-corrected chi connectivity index (χ4v) is 4.80. The van der Waals surface area contributed by atoms with Crippen LogP contribution in [0.15, 0.2) is 42.5 Å². The molecule has 0 radical (unpaired) electrons. The van der Waals surface area contributed by atoms with Crippen LogP contribution in [0.2, 0.25) is 0 Å². The van der Waals surface area contributed by atoms with Gasteiger partial charge in [0.15, 0.2) is 0 Å². The van der Waals surface area contributed by atoms with Gasteiger partial charge < -0.3 is 23.7 Å². The molecule has 0 bridgehead atoms. The molecule has 2 aliphatic rings. The van der Waals surface area contributed by atoms with Gasteiger partial charge in [-0.15, -0.1) is 0 Å². The number of fused-ring (bicyclic) bond motifs is 2. The van der Waals surface area contributed by atoms with Crippen LogP contribution in [-0.2, 0) is 26.2 Å². The smallest absolute Gasteiger partial charge is 0.130 e. The SMILES string of the molecule is COC1=C[C@H](C2(OC)Cc3cccc(OC)c32)[C@H](OC)c2cccc(OC)c21. The van der Waals surface area contributed by atoms with E-state index in [2.05, 4.69) is 18.2 Å². The molecule has 4 rings (SSSR count). The predicted molar refractivity (Wildman–Crippen MR) is 107 cm³/mol. The van der Waals surface area contributed by atoms with Gasteiger partial charge in [0.2, 0.25) is 0 Å². The maximum absolute atomic E-state index is 6.19. The lowest BCUT2D eigenvalue weighted by Crippen LogP contribution is -2.50. The summed E-state index contributed by atoms with van der Waals surface area (Å²) in [5.41, 5.74) is 3.74. The molecule has 0 N–H and O–H groups in total. The number of ether oxygens (including phenoxy) is 5. The summed E-state index contributed by atoms with van der Waals surface area (Å²) in [6.07, 6.45) is 2.69. The lowest BCUT2D eigenvalue weighted by Gasteiger charge is -2.51. The van der Waals surface area contributed by atoms with Gasteiger partial charge in [0.05, 0.1) is 33.0 Å². The minimum absolute atomic E-state index is 0.0825. The molecule has 5 nitrogen and oxygen atoms in total. The van der Waals surface area contributed by atoms with Crippen LogP contribution in [0.1, 0.15) is 28.4 Å². The Balaban J connectivity index is 1.91. The highest BCUT2D eigenvalue weighted by atomic mass is 16.5. The van der Waals surface area contributed by atoms with Crippen LogP contribution in [0, 0.1) is 5.92 Å². The molecule has 0 heterocycles. The van der Waals surface area contributed by atoms with Crippen LogP contribution in [-0.4, -0.2) is 35.5 Å². The van der Waals surface area contributed by atoms with E-state index >= 15 is 0 Å². The molecule has 28 heavy (non-hydrogen) atoms. The van der Waals surface area contributed by atoms with E-state index in [0.29, 0.717) is 0 Å². The van der Waals surface area contributed by atoms with E-state index in [-0.39, 0.29) is 12.0 Å². The first-order valence-corrected chi connectivity index (χ1v) is 9.32. The molecule has 0 saturated carbocycles. The van der Waals surface area contributed by atoms with Crippen molar-refractivity contribution in [1.82, 2.24) is 0 Å². The van der Waals surface area contributed by atoms with Crippen molar-refractivity contribution in [3.8, 4) is 11.5 Å². The summed E-state index contributed by atoms with van der Waals surface area (Å²) < 4.78 is 29.2. The van der Waals surface area contributed by atoms with E-state index in [1.165, 1.54) is 5.56 Å². The summed E-state index contributed by atoms with van der Waals surface area (Å²) in [5.74, 6) is 2.29. The Morgan fingerprint density at radius 3 is 2.21 bits per heavy atom. The highest BCUT2D eigenvalue weighted by molar-refractivity contribution is 5.72. The average Bonchev–Trinajstić information content (AvgIpc) is 2.73. The number of methoxy groups -OCH3 is 5. The third-order valence-corrected chi connectivity index (χ3v) is 6.07. The Labute approximate surface area is 165 Å². The van der Waals surface area contributed by atoms with E-state index in [4.69, 9.17) is 23.7 Å². The summed E-state index contributed by atoms with van der Waals surface area (Å²) in [5, 5.41) is 0. The second-order valence-electron chi connectivity index (χ2n) is 7.11. The van der Waals surface area contributed by atoms with Gasteiger partial charge in [-0.2, -0.15) is 0 Å². The molecule has 5 heteroatoms. The fourth-order valence-electron chi connectivity index (χ4n) is 4.80. The van der Waals surface area contributed by atoms with E-state index < -0.39 is 5.60 Å². The minimum Gasteiger partial charge on any atom is -0.496 e. The van der Waals surface area contributed by atoms with Crippen LogP contribution >= 0.6 is 0 Å². The van der Waals surface area contributed by atoms with Crippen LogP contribution < -0.4 is 9.47 Å². The molecule has 2 aromatic carbocycles. The molecule has 0 fully saturated rings. The zero-order valence-corrected chi connectivity index (χ0v) is 16.9. The van der Waals surface area contributed by atoms with Crippen LogP contribution in [0.5, 0.6) is 11.5 Å². The molecule has 148 valence electrons. The minimum atomic E-state index is -0.548. The lowest BCUT2D eigenvalue weighted by molar-refractivity contribution is -0.115. The largest absolute Gasteiger partial charge is 0.496 e. The van der Waals surface area contributed by atoms with Gasteiger partial charge in [-0.25, -0.2) is 0 Å². The third kappa shape index (κ3) is 2.46. The second-order valence-corrected chi connectivity index (χ2v) is 7.11. The van der Waals surface area contributed by atoms with Crippen molar-refractivity contribution >= 4 is 5.76 Å². The first-order chi connectivity index (χ1) is 13.6. The Morgan fingerprint density at radius 2 is 1.57 bits per heavy atom. The Bertz CT molecular complexity index is 919. The molecular formula is C23H26O5. The summed E-state index contributed by atoms with van der Waals surface area (Å²) >= 11 is 0. The molecule has 2 aromatic rings. The Morgan fingerprint density at radius 1 is 0.857 bits per heavy atom. The topological polar surface area (TPSA) is 46.2 Å². The molecule has 0 aromatic heterocycles. The van der Waals surface area contributed by atoms with Gasteiger partial charge in [0.1, 0.15) is 22.9 Å². The van der Waals surface area contributed by atoms with Crippen LogP contribution in [0.4, 0.5) is 0 Å². The number of hydrogen-bond acceptors (Lipinski definition) is 5. The summed E-state index contributed by atoms with van der Waals surface area (Å²) in [6, 6.07) is 12.1. The summed E-state index contributed by atoms with van der Waals surface area (Å²) in [4.78, 5) is 0. The van der Waals surface area contributed by atoms with Crippen molar-refractivity contribution in [3.63, 3.8) is 0 Å². The van der Waals surface area contributed by atoms with Gasteiger partial charge in [-0.3, -0.25) is 0 Å². The molecule has 2 aliphatic carbocycles. The van der Waals surface area contributed by atoms with Crippen molar-refractivity contribution in [2.75, 3.05) is 35.5 Å². The van der Waals surface area contributed by atoms with Gasteiger partial charge in [-0.1, -0.05) is 24.3 Å². The lowest BCUT2D eigenvalue weighted by atomic mass is 9.62. The Hall–Kier alpha value is -2.50. The first-order valence-electron chi connectivity index (χ1n) is 9.32. The zero-order valence-electron chi connectivity index (χ0n) is 16.9. The molecule has 0 aliphatic heterocycles. The van der Waals surface area contributed by atoms with Crippen LogP contribution in [0.25, 0.3) is 5.76 Å². The van der Waals surface area contributed by atoms with Gasteiger partial charge in [-0.05, 0) is 29.3 Å². The zero-order chi connectivity index (χ0) is 19.9. The maximum Gasteiger partial charge on any atom is 0.130 e. The van der Waals surface area contributed by atoms with Gasteiger partial charge >= 0.3 is 0 Å². The molecule has 0 spiro atoms. The van der Waals surface area contributed by atoms with Gasteiger partial charge in [0.25, 0.3) is 0 Å². The highest BCUT2D eigenvalue weighted by Gasteiger charge is 2.55. The molecule has 0 saturated heterocycles. The Kier molecular flexibility index (Phi) is 4.81. The average molecular weight is 382 g/mol. The molecule has 0 amide bonds. The van der Waals surface area contributed by atoms with Crippen molar-refractivity contribution < 1.29 is 23.7 Å². The molecular weight excluding hydrogens is 356 g/mol. The standard InChI is InChI=1S/C23H26O5/c1-24-17-10-7-9-15-20(17)19(26-3)12-16(22(15)27-4)23(28-5)13-14-8-6-11-18(25-2)21(14)23/h6-12,16,22H,13H2,1-5H3/t16-,22+,23?/m0/s1. The normalized spacial score (nSPS) is 25.1. The summed E-state index contributed by atoms with van der Waals surface area (Å²) in [7, 11) is 8.53. The fraction of sp³-hybridized carbons (Fsp3) is 0.391. The molecule has 1 unspecified atom stereocenters.